The van der Waals surface area contributed by atoms with Gasteiger partial charge in [-0.2, -0.15) is 0 Å². The van der Waals surface area contributed by atoms with E-state index < -0.39 is 0 Å². The number of carbonyl (C=O) groups excluding carboxylic acids is 1. The Kier molecular flexibility index (Phi) is 8.22. The molecule has 3 aromatic rings. The van der Waals surface area contributed by atoms with E-state index in [2.05, 4.69) is 32.6 Å². The molecule has 3 aromatic carbocycles. The lowest BCUT2D eigenvalue weighted by Gasteiger charge is -2.40. The molecule has 1 amide bonds. The number of benzene rings is 3. The Balaban J connectivity index is 1.09. The van der Waals surface area contributed by atoms with Crippen molar-refractivity contribution in [3.63, 3.8) is 0 Å². The molecule has 6 heteroatoms. The fourth-order valence-electron chi connectivity index (χ4n) is 5.29. The van der Waals surface area contributed by atoms with Crippen molar-refractivity contribution in [1.82, 2.24) is 9.80 Å². The van der Waals surface area contributed by atoms with Gasteiger partial charge in [-0.1, -0.05) is 30.2 Å². The van der Waals surface area contributed by atoms with Crippen LogP contribution in [0.25, 0.3) is 0 Å². The molecule has 0 radical (unpaired) electrons. The van der Waals surface area contributed by atoms with Crippen molar-refractivity contribution in [3.05, 3.63) is 88.9 Å². The second-order valence-corrected chi connectivity index (χ2v) is 10.4. The molecule has 36 heavy (non-hydrogen) atoms. The van der Waals surface area contributed by atoms with Crippen molar-refractivity contribution >= 4 is 34.6 Å². The maximum Gasteiger partial charge on any atom is 0.255 e. The number of amides is 1. The summed E-state index contributed by atoms with van der Waals surface area (Å²) in [4.78, 5) is 18.0. The van der Waals surface area contributed by atoms with Gasteiger partial charge in [0.05, 0.1) is 0 Å². The number of nitrogens with zero attached hydrogens (tertiary/aromatic N) is 2. The second kappa shape index (κ2) is 11.9. The van der Waals surface area contributed by atoms with Crippen molar-refractivity contribution < 1.29 is 4.79 Å². The molecule has 0 aromatic heterocycles. The molecule has 0 saturated carbocycles. The van der Waals surface area contributed by atoms with Gasteiger partial charge >= 0.3 is 0 Å². The highest BCUT2D eigenvalue weighted by Crippen LogP contribution is 2.23. The Morgan fingerprint density at radius 1 is 0.750 bits per heavy atom. The maximum absolute atomic E-state index is 12.7. The van der Waals surface area contributed by atoms with Crippen LogP contribution in [0.15, 0.2) is 72.8 Å². The van der Waals surface area contributed by atoms with Gasteiger partial charge in [-0.3, -0.25) is 9.69 Å². The Morgan fingerprint density at radius 2 is 1.33 bits per heavy atom. The summed E-state index contributed by atoms with van der Waals surface area (Å²) < 4.78 is 0. The summed E-state index contributed by atoms with van der Waals surface area (Å²) in [6.45, 7) is 5.90. The van der Waals surface area contributed by atoms with E-state index in [1.807, 2.05) is 60.7 Å². The molecule has 0 bridgehead atoms. The minimum atomic E-state index is -0.111. The van der Waals surface area contributed by atoms with Crippen molar-refractivity contribution in [2.24, 2.45) is 0 Å². The van der Waals surface area contributed by atoms with E-state index >= 15 is 0 Å². The summed E-state index contributed by atoms with van der Waals surface area (Å²) in [5.41, 5.74) is 4.59. The van der Waals surface area contributed by atoms with E-state index in [0.717, 1.165) is 29.6 Å². The topological polar surface area (TPSA) is 47.6 Å². The number of rotatable bonds is 7. The number of hydrogen-bond donors (Lipinski definition) is 2. The van der Waals surface area contributed by atoms with Crippen LogP contribution in [-0.4, -0.2) is 47.9 Å². The van der Waals surface area contributed by atoms with Crippen LogP contribution in [0.2, 0.25) is 5.02 Å². The average molecular weight is 503 g/mol. The van der Waals surface area contributed by atoms with E-state index in [0.29, 0.717) is 10.6 Å². The summed E-state index contributed by atoms with van der Waals surface area (Å²) in [6, 6.07) is 24.0. The van der Waals surface area contributed by atoms with Crippen LogP contribution in [0.1, 0.15) is 48.0 Å². The smallest absolute Gasteiger partial charge is 0.255 e. The first-order chi connectivity index (χ1) is 17.6. The van der Waals surface area contributed by atoms with Gasteiger partial charge in [0.2, 0.25) is 0 Å². The van der Waals surface area contributed by atoms with Gasteiger partial charge in [-0.15, -0.1) is 0 Å². The zero-order valence-electron chi connectivity index (χ0n) is 20.8. The Morgan fingerprint density at radius 3 is 1.97 bits per heavy atom. The van der Waals surface area contributed by atoms with Crippen molar-refractivity contribution in [3.8, 4) is 0 Å². The van der Waals surface area contributed by atoms with Crippen molar-refractivity contribution in [2.45, 2.75) is 44.7 Å². The Hall–Kier alpha value is -2.86. The van der Waals surface area contributed by atoms with Gasteiger partial charge < -0.3 is 15.5 Å². The van der Waals surface area contributed by atoms with Crippen LogP contribution in [0.4, 0.5) is 17.1 Å². The number of hydrogen-bond acceptors (Lipinski definition) is 4. The molecule has 188 valence electrons. The van der Waals surface area contributed by atoms with Gasteiger partial charge in [-0.05, 0) is 118 Å². The molecule has 2 N–H and O–H groups in total. The normalized spacial score (nSPS) is 17.6. The molecular formula is C30H35ClN4O. The average Bonchev–Trinajstić information content (AvgIpc) is 2.92. The van der Waals surface area contributed by atoms with Gasteiger partial charge in [0.25, 0.3) is 5.91 Å². The SMILES string of the molecule is O=C(Nc1ccc(CN2CCC(N3CCCCC3)CC2)cc1)c1ccc(Nc2ccc(Cl)cc2)cc1. The van der Waals surface area contributed by atoms with E-state index in [-0.39, 0.29) is 5.91 Å². The number of anilines is 3. The van der Waals surface area contributed by atoms with Gasteiger partial charge in [-0.25, -0.2) is 0 Å². The first-order valence-corrected chi connectivity index (χ1v) is 13.5. The second-order valence-electron chi connectivity index (χ2n) is 9.96. The number of carbonyl (C=O) groups is 1. The predicted molar refractivity (Wildman–Crippen MR) is 149 cm³/mol. The zero-order valence-corrected chi connectivity index (χ0v) is 21.5. The standard InChI is InChI=1S/C30H35ClN4O/c31-25-8-14-27(15-9-25)32-26-12-6-24(7-13-26)30(36)33-28-10-4-23(5-11-28)22-34-20-16-29(17-21-34)35-18-2-1-3-19-35/h4-15,29,32H,1-3,16-22H2,(H,33,36). The van der Waals surface area contributed by atoms with Crippen molar-refractivity contribution in [2.75, 3.05) is 36.8 Å². The number of piperidine rings is 2. The lowest BCUT2D eigenvalue weighted by atomic mass is 9.99. The number of likely N-dealkylation sites (tertiary alicyclic amines) is 2. The predicted octanol–water partition coefficient (Wildman–Crippen LogP) is 6.79. The highest BCUT2D eigenvalue weighted by atomic mass is 35.5. The van der Waals surface area contributed by atoms with Crippen LogP contribution in [0, 0.1) is 0 Å². The molecule has 0 spiro atoms. The molecule has 5 nitrogen and oxygen atoms in total. The van der Waals surface area contributed by atoms with Gasteiger partial charge in [0.15, 0.2) is 0 Å². The van der Waals surface area contributed by atoms with Crippen LogP contribution in [-0.2, 0) is 6.54 Å². The first kappa shape index (κ1) is 24.8. The summed E-state index contributed by atoms with van der Waals surface area (Å²) >= 11 is 5.94. The summed E-state index contributed by atoms with van der Waals surface area (Å²) in [6.07, 6.45) is 6.71. The van der Waals surface area contributed by atoms with E-state index in [4.69, 9.17) is 11.6 Å². The highest BCUT2D eigenvalue weighted by Gasteiger charge is 2.25. The molecule has 0 atom stereocenters. The molecule has 2 saturated heterocycles. The summed E-state index contributed by atoms with van der Waals surface area (Å²) in [7, 11) is 0. The fourth-order valence-corrected chi connectivity index (χ4v) is 5.41. The molecule has 2 fully saturated rings. The number of nitrogens with one attached hydrogen (secondary N) is 2. The fraction of sp³-hybridized carbons (Fsp3) is 0.367. The molecule has 0 unspecified atom stereocenters. The highest BCUT2D eigenvalue weighted by molar-refractivity contribution is 6.30. The van der Waals surface area contributed by atoms with Crippen LogP contribution < -0.4 is 10.6 Å². The molecule has 2 aliphatic rings. The Labute approximate surface area is 219 Å². The third kappa shape index (κ3) is 6.67. The summed E-state index contributed by atoms with van der Waals surface area (Å²) in [5, 5.41) is 7.02. The van der Waals surface area contributed by atoms with Crippen LogP contribution >= 0.6 is 11.6 Å². The third-order valence-electron chi connectivity index (χ3n) is 7.36. The molecule has 0 aliphatic carbocycles. The number of halogens is 1. The molecular weight excluding hydrogens is 468 g/mol. The van der Waals surface area contributed by atoms with E-state index in [1.54, 1.807) is 0 Å². The molecule has 2 heterocycles. The lowest BCUT2D eigenvalue weighted by Crippen LogP contribution is -2.46. The first-order valence-electron chi connectivity index (χ1n) is 13.1. The minimum absolute atomic E-state index is 0.111. The quantitative estimate of drug-likeness (QED) is 0.373. The zero-order chi connectivity index (χ0) is 24.7. The van der Waals surface area contributed by atoms with Crippen molar-refractivity contribution in [1.29, 1.82) is 0 Å². The van der Waals surface area contributed by atoms with Gasteiger partial charge in [0.1, 0.15) is 0 Å². The largest absolute Gasteiger partial charge is 0.356 e. The third-order valence-corrected chi connectivity index (χ3v) is 7.61. The van der Waals surface area contributed by atoms with Crippen LogP contribution in [0.5, 0.6) is 0 Å². The van der Waals surface area contributed by atoms with Crippen LogP contribution in [0.3, 0.4) is 0 Å². The van der Waals surface area contributed by atoms with Gasteiger partial charge in [0, 0.05) is 40.2 Å². The molecule has 2 aliphatic heterocycles. The lowest BCUT2D eigenvalue weighted by molar-refractivity contribution is 0.0896. The maximum atomic E-state index is 12.7. The molecule has 5 rings (SSSR count). The summed E-state index contributed by atoms with van der Waals surface area (Å²) in [5.74, 6) is -0.111. The minimum Gasteiger partial charge on any atom is -0.356 e. The van der Waals surface area contributed by atoms with E-state index in [9.17, 15) is 4.79 Å². The van der Waals surface area contributed by atoms with E-state index in [1.165, 1.54) is 63.8 Å². The monoisotopic (exact) mass is 502 g/mol. The Bertz CT molecular complexity index is 1120.